The van der Waals surface area contributed by atoms with Gasteiger partial charge in [-0.3, -0.25) is 0 Å². The molecule has 0 aliphatic heterocycles. The summed E-state index contributed by atoms with van der Waals surface area (Å²) >= 11 is 0. The predicted octanol–water partition coefficient (Wildman–Crippen LogP) is 1.94. The molecule has 0 N–H and O–H groups in total. The Bertz CT molecular complexity index is 987. The Hall–Kier alpha value is -3.04. The molecule has 7 nitrogen and oxygen atoms in total. The van der Waals surface area contributed by atoms with Gasteiger partial charge in [0, 0.05) is 0 Å². The average Bonchev–Trinajstić information content (AvgIpc) is 3.13. The second kappa shape index (κ2) is 4.73. The molecule has 1 aromatic carbocycles. The summed E-state index contributed by atoms with van der Waals surface area (Å²) in [4.78, 5) is 3.70. The van der Waals surface area contributed by atoms with Crippen LogP contribution in [0.25, 0.3) is 16.7 Å². The monoisotopic (exact) mass is 319 g/mol. The Labute approximate surface area is 126 Å². The first-order valence-corrected chi connectivity index (χ1v) is 6.59. The molecule has 0 radical (unpaired) electrons. The van der Waals surface area contributed by atoms with E-state index >= 15 is 0 Å². The van der Waals surface area contributed by atoms with Gasteiger partial charge in [-0.25, -0.2) is 9.67 Å². The molecular formula is C13H8F3N7. The molecule has 116 valence electrons. The van der Waals surface area contributed by atoms with Crippen LogP contribution in [0.4, 0.5) is 13.2 Å². The highest BCUT2D eigenvalue weighted by Crippen LogP contribution is 2.30. The van der Waals surface area contributed by atoms with Crippen molar-refractivity contribution in [1.29, 1.82) is 0 Å². The summed E-state index contributed by atoms with van der Waals surface area (Å²) in [5, 5.41) is 14.8. The molecule has 0 fully saturated rings. The number of aromatic nitrogens is 7. The smallest absolute Gasteiger partial charge is 0.243 e. The Kier molecular flexibility index (Phi) is 2.80. The maximum absolute atomic E-state index is 13.2. The lowest BCUT2D eigenvalue weighted by molar-refractivity contribution is -0.146. The first-order chi connectivity index (χ1) is 11.0. The summed E-state index contributed by atoms with van der Waals surface area (Å²) in [5.74, 6) is -1.18. The van der Waals surface area contributed by atoms with Gasteiger partial charge in [-0.1, -0.05) is 30.3 Å². The molecule has 0 unspecified atom stereocenters. The normalized spacial score (nSPS) is 12.3. The van der Waals surface area contributed by atoms with Crippen molar-refractivity contribution in [2.75, 3.05) is 0 Å². The second-order valence-corrected chi connectivity index (χ2v) is 4.87. The molecule has 0 saturated heterocycles. The molecule has 0 atom stereocenters. The maximum Gasteiger partial charge on any atom is 0.451 e. The number of nitrogens with zero attached hydrogens (tertiary/aromatic N) is 7. The number of rotatable bonds is 2. The summed E-state index contributed by atoms with van der Waals surface area (Å²) in [5.41, 5.74) is 0.956. The van der Waals surface area contributed by atoms with Crippen molar-refractivity contribution in [2.45, 2.75) is 12.7 Å². The summed E-state index contributed by atoms with van der Waals surface area (Å²) in [6, 6.07) is 9.26. The Balaban J connectivity index is 1.94. The van der Waals surface area contributed by atoms with E-state index in [9.17, 15) is 13.2 Å². The Morgan fingerprint density at radius 3 is 2.57 bits per heavy atom. The fourth-order valence-corrected chi connectivity index (χ4v) is 2.36. The number of benzene rings is 1. The lowest BCUT2D eigenvalue weighted by Crippen LogP contribution is -2.16. The fraction of sp³-hybridized carbons (Fsp3) is 0.154. The van der Waals surface area contributed by atoms with Gasteiger partial charge in [-0.2, -0.15) is 22.8 Å². The van der Waals surface area contributed by atoms with Crippen molar-refractivity contribution in [3.8, 4) is 0 Å². The van der Waals surface area contributed by atoms with Crippen molar-refractivity contribution in [2.24, 2.45) is 0 Å². The van der Waals surface area contributed by atoms with Crippen LogP contribution >= 0.6 is 0 Å². The van der Waals surface area contributed by atoms with Gasteiger partial charge in [0.15, 0.2) is 11.3 Å². The highest BCUT2D eigenvalue weighted by atomic mass is 19.4. The molecule has 0 aliphatic carbocycles. The minimum Gasteiger partial charge on any atom is -0.243 e. The molecule has 3 heterocycles. The highest BCUT2D eigenvalue weighted by Gasteiger charge is 2.38. The van der Waals surface area contributed by atoms with Crippen LogP contribution in [0.15, 0.2) is 36.5 Å². The van der Waals surface area contributed by atoms with Gasteiger partial charge in [-0.15, -0.1) is 5.10 Å². The van der Waals surface area contributed by atoms with Crippen LogP contribution in [-0.2, 0) is 12.7 Å². The van der Waals surface area contributed by atoms with E-state index in [2.05, 4.69) is 25.6 Å². The van der Waals surface area contributed by atoms with E-state index in [-0.39, 0.29) is 11.3 Å². The van der Waals surface area contributed by atoms with Gasteiger partial charge >= 0.3 is 6.18 Å². The third-order valence-corrected chi connectivity index (χ3v) is 3.36. The third-order valence-electron chi connectivity index (χ3n) is 3.36. The molecule has 3 aromatic heterocycles. The van der Waals surface area contributed by atoms with E-state index in [0.717, 1.165) is 5.56 Å². The van der Waals surface area contributed by atoms with Crippen molar-refractivity contribution in [3.63, 3.8) is 0 Å². The van der Waals surface area contributed by atoms with Crippen LogP contribution in [0.2, 0.25) is 0 Å². The van der Waals surface area contributed by atoms with Gasteiger partial charge in [-0.05, 0) is 16.0 Å². The van der Waals surface area contributed by atoms with Crippen LogP contribution in [0.3, 0.4) is 0 Å². The zero-order valence-corrected chi connectivity index (χ0v) is 11.4. The second-order valence-electron chi connectivity index (χ2n) is 4.87. The number of fused-ring (bicyclic) bond motifs is 3. The molecular weight excluding hydrogens is 311 g/mol. The van der Waals surface area contributed by atoms with E-state index < -0.39 is 12.0 Å². The van der Waals surface area contributed by atoms with Gasteiger partial charge < -0.3 is 0 Å². The molecule has 23 heavy (non-hydrogen) atoms. The zero-order chi connectivity index (χ0) is 16.0. The standard InChI is InChI=1S/C13H8F3N7/c14-13(15,16)12-18-10-9(11-19-20-21-23(11)12)6-17-22(10)7-8-4-2-1-3-5-8/h1-6H,7H2. The number of tetrazole rings is 1. The predicted molar refractivity (Wildman–Crippen MR) is 72.4 cm³/mol. The Morgan fingerprint density at radius 2 is 1.83 bits per heavy atom. The number of hydrogen-bond acceptors (Lipinski definition) is 5. The topological polar surface area (TPSA) is 73.8 Å². The van der Waals surface area contributed by atoms with E-state index in [1.54, 1.807) is 0 Å². The third kappa shape index (κ3) is 2.18. The molecule has 0 bridgehead atoms. The lowest BCUT2D eigenvalue weighted by atomic mass is 10.2. The number of alkyl halides is 3. The van der Waals surface area contributed by atoms with E-state index in [1.807, 2.05) is 30.3 Å². The molecule has 0 saturated carbocycles. The van der Waals surface area contributed by atoms with Crippen LogP contribution in [0.1, 0.15) is 11.4 Å². The van der Waals surface area contributed by atoms with Gasteiger partial charge in [0.25, 0.3) is 0 Å². The summed E-state index contributed by atoms with van der Waals surface area (Å²) in [6.45, 7) is 0.298. The van der Waals surface area contributed by atoms with Crippen LogP contribution in [0, 0.1) is 0 Å². The lowest BCUT2D eigenvalue weighted by Gasteiger charge is -2.08. The van der Waals surface area contributed by atoms with E-state index in [4.69, 9.17) is 0 Å². The quantitative estimate of drug-likeness (QED) is 0.564. The minimum absolute atomic E-state index is 0.0263. The minimum atomic E-state index is -4.68. The largest absolute Gasteiger partial charge is 0.451 e. The summed E-state index contributed by atoms with van der Waals surface area (Å²) in [6.07, 6.45) is -3.26. The molecule has 4 rings (SSSR count). The molecule has 4 aromatic rings. The number of halogens is 3. The summed E-state index contributed by atoms with van der Waals surface area (Å²) < 4.78 is 41.5. The SMILES string of the molecule is FC(F)(F)c1nc2c(cnn2Cc2ccccc2)c2nnnn12. The van der Waals surface area contributed by atoms with Crippen LogP contribution in [-0.4, -0.2) is 34.8 Å². The van der Waals surface area contributed by atoms with Crippen LogP contribution < -0.4 is 0 Å². The zero-order valence-electron chi connectivity index (χ0n) is 11.4. The molecule has 0 spiro atoms. The van der Waals surface area contributed by atoms with Crippen molar-refractivity contribution in [1.82, 2.24) is 34.8 Å². The molecule has 10 heteroatoms. The first kappa shape index (κ1) is 13.6. The maximum atomic E-state index is 13.2. The molecule has 0 amide bonds. The Morgan fingerprint density at radius 1 is 1.04 bits per heavy atom. The molecule has 0 aliphatic rings. The van der Waals surface area contributed by atoms with E-state index in [0.29, 0.717) is 16.4 Å². The highest BCUT2D eigenvalue weighted by molar-refractivity contribution is 5.88. The fourth-order valence-electron chi connectivity index (χ4n) is 2.36. The van der Waals surface area contributed by atoms with Crippen LogP contribution in [0.5, 0.6) is 0 Å². The van der Waals surface area contributed by atoms with Crippen molar-refractivity contribution in [3.05, 3.63) is 47.9 Å². The number of hydrogen-bond donors (Lipinski definition) is 0. The summed E-state index contributed by atoms with van der Waals surface area (Å²) in [7, 11) is 0. The average molecular weight is 319 g/mol. The van der Waals surface area contributed by atoms with Crippen molar-refractivity contribution >= 4 is 16.7 Å². The van der Waals surface area contributed by atoms with Crippen molar-refractivity contribution < 1.29 is 13.2 Å². The van der Waals surface area contributed by atoms with E-state index in [1.165, 1.54) is 10.9 Å². The van der Waals surface area contributed by atoms with Gasteiger partial charge in [0.05, 0.1) is 18.1 Å². The van der Waals surface area contributed by atoms with Gasteiger partial charge in [0.2, 0.25) is 5.82 Å². The van der Waals surface area contributed by atoms with Gasteiger partial charge in [0.1, 0.15) is 0 Å². The first-order valence-electron chi connectivity index (χ1n) is 6.59.